The minimum Gasteiger partial charge on any atom is -0.496 e. The number of aryl methyl sites for hydroxylation is 1. The fourth-order valence-electron chi connectivity index (χ4n) is 2.99. The molecular formula is C18H22N2O. The molecule has 110 valence electrons. The van der Waals surface area contributed by atoms with Gasteiger partial charge >= 0.3 is 0 Å². The van der Waals surface area contributed by atoms with Gasteiger partial charge in [-0.1, -0.05) is 24.3 Å². The van der Waals surface area contributed by atoms with Gasteiger partial charge in [0.05, 0.1) is 12.8 Å². The molecule has 1 aromatic heterocycles. The zero-order chi connectivity index (χ0) is 14.7. The van der Waals surface area contributed by atoms with E-state index in [0.29, 0.717) is 12.0 Å². The van der Waals surface area contributed by atoms with Crippen LogP contribution in [0.1, 0.15) is 35.7 Å². The lowest BCUT2D eigenvalue weighted by Crippen LogP contribution is -2.39. The first-order valence-corrected chi connectivity index (χ1v) is 7.55. The predicted molar refractivity (Wildman–Crippen MR) is 84.6 cm³/mol. The summed E-state index contributed by atoms with van der Waals surface area (Å²) >= 11 is 0. The van der Waals surface area contributed by atoms with Crippen LogP contribution in [0, 0.1) is 6.92 Å². The Balaban J connectivity index is 1.52. The molecule has 0 bridgehead atoms. The Morgan fingerprint density at radius 1 is 1.14 bits per heavy atom. The third-order valence-corrected chi connectivity index (χ3v) is 4.23. The Morgan fingerprint density at radius 2 is 1.95 bits per heavy atom. The fraction of sp³-hybridized carbons (Fsp3) is 0.389. The molecule has 0 radical (unpaired) electrons. The predicted octanol–water partition coefficient (Wildman–Crippen LogP) is 3.43. The first-order valence-electron chi connectivity index (χ1n) is 7.55. The van der Waals surface area contributed by atoms with Gasteiger partial charge in [0.15, 0.2) is 0 Å². The molecule has 1 heterocycles. The maximum absolute atomic E-state index is 5.45. The summed E-state index contributed by atoms with van der Waals surface area (Å²) in [6.07, 6.45) is 2.35. The van der Waals surface area contributed by atoms with Crippen LogP contribution in [0.3, 0.4) is 0 Å². The molecule has 3 nitrogen and oxygen atoms in total. The number of nitrogens with zero attached hydrogens (tertiary/aromatic N) is 1. The van der Waals surface area contributed by atoms with Gasteiger partial charge in [-0.3, -0.25) is 4.98 Å². The summed E-state index contributed by atoms with van der Waals surface area (Å²) in [4.78, 5) is 4.53. The van der Waals surface area contributed by atoms with Crippen LogP contribution in [0.25, 0.3) is 0 Å². The Morgan fingerprint density at radius 3 is 2.71 bits per heavy atom. The van der Waals surface area contributed by atoms with Crippen molar-refractivity contribution in [1.82, 2.24) is 10.3 Å². The monoisotopic (exact) mass is 282 g/mol. The van der Waals surface area contributed by atoms with Crippen LogP contribution >= 0.6 is 0 Å². The van der Waals surface area contributed by atoms with E-state index in [1.807, 2.05) is 25.1 Å². The van der Waals surface area contributed by atoms with Crippen molar-refractivity contribution in [3.63, 3.8) is 0 Å². The second-order valence-corrected chi connectivity index (χ2v) is 5.76. The summed E-state index contributed by atoms with van der Waals surface area (Å²) in [5, 5.41) is 3.60. The molecular weight excluding hydrogens is 260 g/mol. The highest BCUT2D eigenvalue weighted by atomic mass is 16.5. The van der Waals surface area contributed by atoms with Gasteiger partial charge in [-0.25, -0.2) is 0 Å². The van der Waals surface area contributed by atoms with E-state index in [1.165, 1.54) is 18.4 Å². The molecule has 0 spiro atoms. The molecule has 0 unspecified atom stereocenters. The minimum atomic E-state index is 0.585. The molecule has 1 aromatic carbocycles. The van der Waals surface area contributed by atoms with Crippen LogP contribution in [0.2, 0.25) is 0 Å². The molecule has 1 fully saturated rings. The van der Waals surface area contributed by atoms with Crippen molar-refractivity contribution < 1.29 is 4.74 Å². The number of para-hydroxylation sites is 1. The lowest BCUT2D eigenvalue weighted by molar-refractivity contribution is 0.281. The largest absolute Gasteiger partial charge is 0.496 e. The van der Waals surface area contributed by atoms with Crippen LogP contribution in [-0.4, -0.2) is 18.1 Å². The molecule has 0 aliphatic heterocycles. The standard InChI is InChI=1S/C18H22N2O/c1-13-6-5-7-15(20-13)12-19-16-10-14(11-16)17-8-3-4-9-18(17)21-2/h3-9,14,16,19H,10-12H2,1-2H3. The van der Waals surface area contributed by atoms with Crippen LogP contribution in [0.4, 0.5) is 0 Å². The molecule has 0 atom stereocenters. The molecule has 1 saturated carbocycles. The lowest BCUT2D eigenvalue weighted by atomic mass is 9.75. The highest BCUT2D eigenvalue weighted by molar-refractivity contribution is 5.37. The Labute approximate surface area is 126 Å². The van der Waals surface area contributed by atoms with Crippen LogP contribution in [-0.2, 0) is 6.54 Å². The second-order valence-electron chi connectivity index (χ2n) is 5.76. The van der Waals surface area contributed by atoms with E-state index in [2.05, 4.69) is 34.6 Å². The Hall–Kier alpha value is -1.87. The third-order valence-electron chi connectivity index (χ3n) is 4.23. The number of hydrogen-bond acceptors (Lipinski definition) is 3. The number of hydrogen-bond donors (Lipinski definition) is 1. The quantitative estimate of drug-likeness (QED) is 0.912. The van der Waals surface area contributed by atoms with Crippen LogP contribution in [0.5, 0.6) is 5.75 Å². The van der Waals surface area contributed by atoms with Crippen molar-refractivity contribution >= 4 is 0 Å². The molecule has 2 aromatic rings. The molecule has 0 saturated heterocycles. The summed E-state index contributed by atoms with van der Waals surface area (Å²) in [6, 6.07) is 15.1. The number of ether oxygens (including phenoxy) is 1. The third kappa shape index (κ3) is 3.24. The second kappa shape index (κ2) is 6.27. The average Bonchev–Trinajstić information content (AvgIpc) is 2.46. The summed E-state index contributed by atoms with van der Waals surface area (Å²) in [5.41, 5.74) is 3.54. The van der Waals surface area contributed by atoms with E-state index in [1.54, 1.807) is 7.11 Å². The number of benzene rings is 1. The van der Waals surface area contributed by atoms with Crippen molar-refractivity contribution in [2.24, 2.45) is 0 Å². The fourth-order valence-corrected chi connectivity index (χ4v) is 2.99. The van der Waals surface area contributed by atoms with Gasteiger partial charge in [-0.2, -0.15) is 0 Å². The highest BCUT2D eigenvalue weighted by Gasteiger charge is 2.31. The zero-order valence-electron chi connectivity index (χ0n) is 12.7. The van der Waals surface area contributed by atoms with E-state index >= 15 is 0 Å². The van der Waals surface area contributed by atoms with Gasteiger partial charge in [-0.15, -0.1) is 0 Å². The van der Waals surface area contributed by atoms with Gasteiger partial charge in [0, 0.05) is 18.3 Å². The van der Waals surface area contributed by atoms with Crippen LogP contribution in [0.15, 0.2) is 42.5 Å². The first kappa shape index (κ1) is 14.1. The molecule has 21 heavy (non-hydrogen) atoms. The van der Waals surface area contributed by atoms with E-state index < -0.39 is 0 Å². The molecule has 0 amide bonds. The summed E-state index contributed by atoms with van der Waals surface area (Å²) in [6.45, 7) is 2.88. The number of rotatable bonds is 5. The molecule has 3 rings (SSSR count). The number of pyridine rings is 1. The molecule has 1 N–H and O–H groups in total. The highest BCUT2D eigenvalue weighted by Crippen LogP contribution is 2.40. The minimum absolute atomic E-state index is 0.585. The van der Waals surface area contributed by atoms with Gasteiger partial charge in [0.2, 0.25) is 0 Å². The summed E-state index contributed by atoms with van der Waals surface area (Å²) in [7, 11) is 1.75. The van der Waals surface area contributed by atoms with E-state index in [-0.39, 0.29) is 0 Å². The number of aromatic nitrogens is 1. The molecule has 1 aliphatic carbocycles. The smallest absolute Gasteiger partial charge is 0.122 e. The van der Waals surface area contributed by atoms with Crippen molar-refractivity contribution in [3.8, 4) is 5.75 Å². The SMILES string of the molecule is COc1ccccc1C1CC(NCc2cccc(C)n2)C1. The maximum atomic E-state index is 5.45. The van der Waals surface area contributed by atoms with Gasteiger partial charge in [0.1, 0.15) is 5.75 Å². The summed E-state index contributed by atoms with van der Waals surface area (Å²) < 4.78 is 5.45. The zero-order valence-corrected chi connectivity index (χ0v) is 12.7. The van der Waals surface area contributed by atoms with Crippen molar-refractivity contribution in [2.45, 2.75) is 38.3 Å². The van der Waals surface area contributed by atoms with Crippen LogP contribution < -0.4 is 10.1 Å². The van der Waals surface area contributed by atoms with E-state index in [9.17, 15) is 0 Å². The summed E-state index contributed by atoms with van der Waals surface area (Å²) in [5.74, 6) is 1.63. The van der Waals surface area contributed by atoms with E-state index in [0.717, 1.165) is 23.7 Å². The van der Waals surface area contributed by atoms with Gasteiger partial charge in [0.25, 0.3) is 0 Å². The maximum Gasteiger partial charge on any atom is 0.122 e. The lowest BCUT2D eigenvalue weighted by Gasteiger charge is -2.37. The number of methoxy groups -OCH3 is 1. The first-order chi connectivity index (χ1) is 10.3. The normalized spacial score (nSPS) is 20.9. The van der Waals surface area contributed by atoms with Gasteiger partial charge in [-0.05, 0) is 49.4 Å². The van der Waals surface area contributed by atoms with Gasteiger partial charge < -0.3 is 10.1 Å². The van der Waals surface area contributed by atoms with Crippen molar-refractivity contribution in [3.05, 3.63) is 59.4 Å². The Bertz CT molecular complexity index is 606. The molecule has 3 heteroatoms. The van der Waals surface area contributed by atoms with Crippen molar-refractivity contribution in [2.75, 3.05) is 7.11 Å². The Kier molecular flexibility index (Phi) is 4.20. The topological polar surface area (TPSA) is 34.1 Å². The average molecular weight is 282 g/mol. The number of nitrogens with one attached hydrogen (secondary N) is 1. The van der Waals surface area contributed by atoms with E-state index in [4.69, 9.17) is 4.74 Å². The molecule has 1 aliphatic rings. The van der Waals surface area contributed by atoms with Crippen molar-refractivity contribution in [1.29, 1.82) is 0 Å².